The Morgan fingerprint density at radius 1 is 1.31 bits per heavy atom. The largest absolute Gasteiger partial charge is 0.497 e. The topological polar surface area (TPSA) is 86.3 Å². The van der Waals surface area contributed by atoms with E-state index in [-0.39, 0.29) is 24.4 Å². The van der Waals surface area contributed by atoms with Crippen molar-refractivity contribution in [3.05, 3.63) is 35.7 Å². The first-order chi connectivity index (χ1) is 11.8. The van der Waals surface area contributed by atoms with Crippen LogP contribution in [0.2, 0.25) is 0 Å². The maximum Gasteiger partial charge on any atom is 0.276 e. The van der Waals surface area contributed by atoms with Gasteiger partial charge in [0.15, 0.2) is 5.69 Å². The number of nitrogens with two attached hydrogens (primary N) is 1. The van der Waals surface area contributed by atoms with Crippen molar-refractivity contribution in [2.45, 2.75) is 33.2 Å². The number of amides is 1. The van der Waals surface area contributed by atoms with Crippen LogP contribution in [0.5, 0.6) is 5.75 Å². The number of nitrogens with zero attached hydrogens (tertiary/aromatic N) is 4. The summed E-state index contributed by atoms with van der Waals surface area (Å²) in [5.41, 5.74) is 7.95. The fourth-order valence-electron chi connectivity index (χ4n) is 2.45. The van der Waals surface area contributed by atoms with Crippen LogP contribution in [0.1, 0.15) is 36.5 Å². The van der Waals surface area contributed by atoms with Crippen LogP contribution in [0.25, 0.3) is 5.69 Å². The molecule has 0 saturated carbocycles. The highest BCUT2D eigenvalue weighted by Crippen LogP contribution is 2.17. The van der Waals surface area contributed by atoms with Crippen molar-refractivity contribution in [1.29, 1.82) is 0 Å². The van der Waals surface area contributed by atoms with E-state index < -0.39 is 0 Å². The van der Waals surface area contributed by atoms with E-state index in [9.17, 15) is 4.79 Å². The summed E-state index contributed by atoms with van der Waals surface area (Å²) in [4.78, 5) is 14.3. The van der Waals surface area contributed by atoms with Gasteiger partial charge in [-0.15, -0.1) is 17.5 Å². The fourth-order valence-corrected chi connectivity index (χ4v) is 2.45. The van der Waals surface area contributed by atoms with Crippen LogP contribution in [0.15, 0.2) is 24.3 Å². The van der Waals surface area contributed by atoms with Gasteiger partial charge in [0.2, 0.25) is 0 Å². The highest BCUT2D eigenvalue weighted by atomic mass is 35.5. The minimum atomic E-state index is -0.145. The SMILES string of the molecule is COc1ccc(-n2nnc(C(=O)N(C)CCC(N)C(C)C)c2C)cc1.Cl. The Bertz CT molecular complexity index is 715. The maximum absolute atomic E-state index is 12.6. The van der Waals surface area contributed by atoms with Crippen LogP contribution in [-0.2, 0) is 0 Å². The van der Waals surface area contributed by atoms with Crippen molar-refractivity contribution in [1.82, 2.24) is 19.9 Å². The van der Waals surface area contributed by atoms with E-state index in [0.29, 0.717) is 23.9 Å². The van der Waals surface area contributed by atoms with Gasteiger partial charge in [0.1, 0.15) is 5.75 Å². The van der Waals surface area contributed by atoms with E-state index >= 15 is 0 Å². The molecule has 2 aromatic rings. The van der Waals surface area contributed by atoms with Gasteiger partial charge >= 0.3 is 0 Å². The molecule has 0 aliphatic carbocycles. The lowest BCUT2D eigenvalue weighted by Crippen LogP contribution is -2.35. The molecule has 0 aliphatic heterocycles. The van der Waals surface area contributed by atoms with E-state index in [0.717, 1.165) is 17.9 Å². The first kappa shape index (κ1) is 21.9. The zero-order chi connectivity index (χ0) is 18.6. The molecular formula is C18H28ClN5O2. The molecular weight excluding hydrogens is 354 g/mol. The van der Waals surface area contributed by atoms with Gasteiger partial charge in [-0.1, -0.05) is 19.1 Å². The first-order valence-electron chi connectivity index (χ1n) is 8.43. The third kappa shape index (κ3) is 4.95. The summed E-state index contributed by atoms with van der Waals surface area (Å²) in [6.07, 6.45) is 0.756. The van der Waals surface area contributed by atoms with Crippen molar-refractivity contribution < 1.29 is 9.53 Å². The second-order valence-electron chi connectivity index (χ2n) is 6.56. The van der Waals surface area contributed by atoms with Gasteiger partial charge in [0.05, 0.1) is 18.5 Å². The smallest absolute Gasteiger partial charge is 0.276 e. The van der Waals surface area contributed by atoms with Crippen molar-refractivity contribution in [2.24, 2.45) is 11.7 Å². The van der Waals surface area contributed by atoms with Crippen LogP contribution in [0.3, 0.4) is 0 Å². The van der Waals surface area contributed by atoms with Crippen LogP contribution in [-0.4, -0.2) is 52.5 Å². The summed E-state index contributed by atoms with van der Waals surface area (Å²) in [5.74, 6) is 1.01. The molecule has 26 heavy (non-hydrogen) atoms. The summed E-state index contributed by atoms with van der Waals surface area (Å²) in [6.45, 7) is 6.59. The van der Waals surface area contributed by atoms with Crippen LogP contribution < -0.4 is 10.5 Å². The maximum atomic E-state index is 12.6. The molecule has 0 saturated heterocycles. The van der Waals surface area contributed by atoms with Crippen molar-refractivity contribution in [3.63, 3.8) is 0 Å². The Morgan fingerprint density at radius 2 is 1.92 bits per heavy atom. The number of aromatic nitrogens is 3. The summed E-state index contributed by atoms with van der Waals surface area (Å²) < 4.78 is 6.81. The molecule has 1 aromatic heterocycles. The zero-order valence-corrected chi connectivity index (χ0v) is 16.8. The van der Waals surface area contributed by atoms with Crippen LogP contribution in [0, 0.1) is 12.8 Å². The molecule has 1 unspecified atom stereocenters. The van der Waals surface area contributed by atoms with Gasteiger partial charge in [-0.2, -0.15) is 0 Å². The minimum absolute atomic E-state index is 0. The van der Waals surface area contributed by atoms with Crippen molar-refractivity contribution in [2.75, 3.05) is 20.7 Å². The van der Waals surface area contributed by atoms with Gasteiger partial charge in [0.25, 0.3) is 5.91 Å². The second-order valence-corrected chi connectivity index (χ2v) is 6.56. The summed E-state index contributed by atoms with van der Waals surface area (Å²) in [6, 6.07) is 7.51. The lowest BCUT2D eigenvalue weighted by Gasteiger charge is -2.21. The van der Waals surface area contributed by atoms with E-state index in [1.807, 2.05) is 31.2 Å². The highest BCUT2D eigenvalue weighted by molar-refractivity contribution is 5.93. The number of hydrogen-bond donors (Lipinski definition) is 1. The number of halogens is 1. The Balaban J connectivity index is 0.00000338. The van der Waals surface area contributed by atoms with E-state index in [4.69, 9.17) is 10.5 Å². The van der Waals surface area contributed by atoms with Crippen molar-refractivity contribution in [3.8, 4) is 11.4 Å². The molecule has 0 bridgehead atoms. The Labute approximate surface area is 160 Å². The number of benzene rings is 1. The molecule has 1 aromatic carbocycles. The lowest BCUT2D eigenvalue weighted by molar-refractivity contribution is 0.0782. The Morgan fingerprint density at radius 3 is 2.46 bits per heavy atom. The third-order valence-corrected chi connectivity index (χ3v) is 4.41. The molecule has 2 rings (SSSR count). The zero-order valence-electron chi connectivity index (χ0n) is 16.0. The predicted molar refractivity (Wildman–Crippen MR) is 104 cm³/mol. The standard InChI is InChI=1S/C18H27N5O2.ClH/c1-12(2)16(19)10-11-22(4)18(24)17-13(3)23(21-20-17)14-6-8-15(25-5)9-7-14;/h6-9,12,16H,10-11,19H2,1-5H3;1H. The highest BCUT2D eigenvalue weighted by Gasteiger charge is 2.21. The molecule has 8 heteroatoms. The first-order valence-corrected chi connectivity index (χ1v) is 8.43. The van der Waals surface area contributed by atoms with E-state index in [1.165, 1.54) is 0 Å². The minimum Gasteiger partial charge on any atom is -0.497 e. The second kappa shape index (κ2) is 9.54. The number of ether oxygens (including phenoxy) is 1. The number of carbonyl (C=O) groups is 1. The Hall–Kier alpha value is -2.12. The van der Waals surface area contributed by atoms with Crippen molar-refractivity contribution >= 4 is 18.3 Å². The molecule has 1 heterocycles. The molecule has 1 atom stereocenters. The lowest BCUT2D eigenvalue weighted by atomic mass is 10.0. The van der Waals surface area contributed by atoms with Gasteiger partial charge in [0, 0.05) is 19.6 Å². The number of hydrogen-bond acceptors (Lipinski definition) is 5. The molecule has 7 nitrogen and oxygen atoms in total. The van der Waals surface area contributed by atoms with Crippen LogP contribution in [0.4, 0.5) is 0 Å². The summed E-state index contributed by atoms with van der Waals surface area (Å²) in [7, 11) is 3.38. The molecule has 2 N–H and O–H groups in total. The summed E-state index contributed by atoms with van der Waals surface area (Å²) in [5, 5.41) is 8.20. The van der Waals surface area contributed by atoms with Gasteiger partial charge < -0.3 is 15.4 Å². The molecule has 0 fully saturated rings. The summed E-state index contributed by atoms with van der Waals surface area (Å²) >= 11 is 0. The fraction of sp³-hybridized carbons (Fsp3) is 0.500. The van der Waals surface area contributed by atoms with Gasteiger partial charge in [-0.05, 0) is 43.5 Å². The monoisotopic (exact) mass is 381 g/mol. The Kier molecular flexibility index (Phi) is 8.05. The van der Waals surface area contributed by atoms with Gasteiger partial charge in [-0.3, -0.25) is 4.79 Å². The predicted octanol–water partition coefficient (Wildman–Crippen LogP) is 2.45. The quantitative estimate of drug-likeness (QED) is 0.796. The average Bonchev–Trinajstić information content (AvgIpc) is 3.00. The number of carbonyl (C=O) groups excluding carboxylic acids is 1. The van der Waals surface area contributed by atoms with E-state index in [2.05, 4.69) is 24.2 Å². The molecule has 144 valence electrons. The van der Waals surface area contributed by atoms with Gasteiger partial charge in [-0.25, -0.2) is 4.68 Å². The van der Waals surface area contributed by atoms with Crippen LogP contribution >= 0.6 is 12.4 Å². The number of rotatable bonds is 7. The number of methoxy groups -OCH3 is 1. The molecule has 0 radical (unpaired) electrons. The molecule has 0 aliphatic rings. The normalized spacial score (nSPS) is 11.8. The third-order valence-electron chi connectivity index (χ3n) is 4.41. The molecule has 0 spiro atoms. The van der Waals surface area contributed by atoms with E-state index in [1.54, 1.807) is 23.7 Å². The molecule has 1 amide bonds. The average molecular weight is 382 g/mol.